The Morgan fingerprint density at radius 1 is 1.14 bits per heavy atom. The van der Waals surface area contributed by atoms with Crippen LogP contribution < -0.4 is 5.56 Å². The molecule has 1 saturated heterocycles. The van der Waals surface area contributed by atoms with Crippen molar-refractivity contribution in [2.45, 2.75) is 51.7 Å². The standard InChI is InChI=1S/C28H28ClF3N4O/c1-17-14-26(37)36(18(2)34-17)21-6-8-25(24(29)16-21)35-12-9-19(10-13-35)15-20-5-7-23(28(30,31)32)22-4-3-11-33-27(20)22/h3-8,11,14,19,21H,9-10,12-13,15-16H2,1-2H3. The van der Waals surface area contributed by atoms with Crippen LogP contribution in [0.15, 0.2) is 64.2 Å². The lowest BCUT2D eigenvalue weighted by atomic mass is 9.88. The molecule has 0 amide bonds. The minimum atomic E-state index is -4.41. The second kappa shape index (κ2) is 9.97. The van der Waals surface area contributed by atoms with E-state index in [-0.39, 0.29) is 17.0 Å². The molecule has 0 N–H and O–H groups in total. The van der Waals surface area contributed by atoms with Gasteiger partial charge in [0.2, 0.25) is 0 Å². The molecule has 5 rings (SSSR count). The monoisotopic (exact) mass is 528 g/mol. The van der Waals surface area contributed by atoms with E-state index < -0.39 is 11.7 Å². The Morgan fingerprint density at radius 3 is 2.57 bits per heavy atom. The van der Waals surface area contributed by atoms with Gasteiger partial charge in [-0.15, -0.1) is 0 Å². The number of allylic oxidation sites excluding steroid dienone is 3. The number of likely N-dealkylation sites (tertiary alicyclic amines) is 1. The highest BCUT2D eigenvalue weighted by Crippen LogP contribution is 2.37. The Kier molecular flexibility index (Phi) is 6.88. The van der Waals surface area contributed by atoms with E-state index in [1.54, 1.807) is 29.8 Å². The van der Waals surface area contributed by atoms with Crippen LogP contribution in [0, 0.1) is 19.8 Å². The lowest BCUT2D eigenvalue weighted by molar-refractivity contribution is -0.136. The molecular formula is C28H28ClF3N4O. The fourth-order valence-electron chi connectivity index (χ4n) is 5.59. The van der Waals surface area contributed by atoms with Gasteiger partial charge in [-0.2, -0.15) is 13.2 Å². The molecule has 194 valence electrons. The van der Waals surface area contributed by atoms with Gasteiger partial charge >= 0.3 is 6.18 Å². The quantitative estimate of drug-likeness (QED) is 0.397. The Balaban J connectivity index is 1.26. The number of pyridine rings is 1. The van der Waals surface area contributed by atoms with Gasteiger partial charge in [-0.1, -0.05) is 29.8 Å². The number of hydrogen-bond acceptors (Lipinski definition) is 4. The van der Waals surface area contributed by atoms with Crippen molar-refractivity contribution in [3.63, 3.8) is 0 Å². The van der Waals surface area contributed by atoms with E-state index in [9.17, 15) is 18.0 Å². The van der Waals surface area contributed by atoms with Crippen LogP contribution in [-0.4, -0.2) is 32.5 Å². The third-order valence-electron chi connectivity index (χ3n) is 7.35. The number of nitrogens with zero attached hydrogens (tertiary/aromatic N) is 4. The molecule has 0 spiro atoms. The molecule has 37 heavy (non-hydrogen) atoms. The Morgan fingerprint density at radius 2 is 1.89 bits per heavy atom. The van der Waals surface area contributed by atoms with Crippen molar-refractivity contribution in [1.82, 2.24) is 19.4 Å². The van der Waals surface area contributed by atoms with Gasteiger partial charge in [0, 0.05) is 47.9 Å². The van der Waals surface area contributed by atoms with E-state index in [1.807, 2.05) is 19.1 Å². The van der Waals surface area contributed by atoms with E-state index >= 15 is 0 Å². The normalized spacial score (nSPS) is 19.2. The number of aryl methyl sites for hydroxylation is 2. The van der Waals surface area contributed by atoms with Crippen molar-refractivity contribution >= 4 is 22.5 Å². The molecule has 1 unspecified atom stereocenters. The van der Waals surface area contributed by atoms with Crippen molar-refractivity contribution in [1.29, 1.82) is 0 Å². The van der Waals surface area contributed by atoms with Gasteiger partial charge in [0.1, 0.15) is 5.82 Å². The molecule has 2 aromatic heterocycles. The molecule has 5 nitrogen and oxygen atoms in total. The topological polar surface area (TPSA) is 51.0 Å². The molecule has 3 heterocycles. The molecule has 3 aromatic rings. The van der Waals surface area contributed by atoms with Gasteiger partial charge in [0.05, 0.1) is 22.8 Å². The Hall–Kier alpha value is -3.13. The number of piperidine rings is 1. The van der Waals surface area contributed by atoms with E-state index in [0.29, 0.717) is 35.8 Å². The molecule has 1 aromatic carbocycles. The summed E-state index contributed by atoms with van der Waals surface area (Å²) in [4.78, 5) is 23.5. The van der Waals surface area contributed by atoms with E-state index in [2.05, 4.69) is 14.9 Å². The van der Waals surface area contributed by atoms with Gasteiger partial charge < -0.3 is 4.90 Å². The Labute approximate surface area is 218 Å². The average molecular weight is 529 g/mol. The lowest BCUT2D eigenvalue weighted by Gasteiger charge is -2.36. The van der Waals surface area contributed by atoms with Gasteiger partial charge in [0.25, 0.3) is 5.56 Å². The van der Waals surface area contributed by atoms with Crippen LogP contribution >= 0.6 is 11.6 Å². The third-order valence-corrected chi connectivity index (χ3v) is 7.70. The van der Waals surface area contributed by atoms with Crippen molar-refractivity contribution in [2.75, 3.05) is 13.1 Å². The highest BCUT2D eigenvalue weighted by Gasteiger charge is 2.33. The summed E-state index contributed by atoms with van der Waals surface area (Å²) in [5.41, 5.74) is 2.23. The maximum Gasteiger partial charge on any atom is 0.417 e. The molecule has 9 heteroatoms. The lowest BCUT2D eigenvalue weighted by Crippen LogP contribution is -2.35. The summed E-state index contributed by atoms with van der Waals surface area (Å²) in [6, 6.07) is 7.17. The van der Waals surface area contributed by atoms with Crippen LogP contribution in [0.3, 0.4) is 0 Å². The maximum absolute atomic E-state index is 13.5. The van der Waals surface area contributed by atoms with Gasteiger partial charge in [-0.25, -0.2) is 4.98 Å². The number of halogens is 4. The molecule has 0 radical (unpaired) electrons. The summed E-state index contributed by atoms with van der Waals surface area (Å²) in [6.07, 6.45) is 4.17. The SMILES string of the molecule is Cc1cc(=O)n(C2C=CC(N3CCC(Cc4ccc(C(F)(F)F)c5cccnc45)CC3)=C(Cl)C2)c(C)n1. The molecule has 1 aliphatic heterocycles. The summed E-state index contributed by atoms with van der Waals surface area (Å²) in [5.74, 6) is 1.01. The van der Waals surface area contributed by atoms with Crippen molar-refractivity contribution in [3.8, 4) is 0 Å². The van der Waals surface area contributed by atoms with Crippen LogP contribution in [-0.2, 0) is 12.6 Å². The second-order valence-corrected chi connectivity index (χ2v) is 10.3. The predicted molar refractivity (Wildman–Crippen MR) is 138 cm³/mol. The molecule has 1 aliphatic carbocycles. The van der Waals surface area contributed by atoms with Crippen molar-refractivity contribution in [2.24, 2.45) is 5.92 Å². The first-order valence-corrected chi connectivity index (χ1v) is 12.8. The largest absolute Gasteiger partial charge is 0.417 e. The van der Waals surface area contributed by atoms with Crippen LogP contribution in [0.5, 0.6) is 0 Å². The van der Waals surface area contributed by atoms with Gasteiger partial charge in [-0.05, 0) is 62.8 Å². The summed E-state index contributed by atoms with van der Waals surface area (Å²) in [5, 5.41) is 0.873. The number of alkyl halides is 3. The number of hydrogen-bond donors (Lipinski definition) is 0. The number of benzene rings is 1. The van der Waals surface area contributed by atoms with Crippen LogP contribution in [0.4, 0.5) is 13.2 Å². The van der Waals surface area contributed by atoms with E-state index in [0.717, 1.165) is 42.2 Å². The first-order chi connectivity index (χ1) is 17.6. The fourth-order valence-corrected chi connectivity index (χ4v) is 5.93. The maximum atomic E-state index is 13.5. The van der Waals surface area contributed by atoms with Crippen molar-refractivity contribution < 1.29 is 13.2 Å². The van der Waals surface area contributed by atoms with Crippen LogP contribution in [0.2, 0.25) is 0 Å². The molecular weight excluding hydrogens is 501 g/mol. The molecule has 2 aliphatic rings. The average Bonchev–Trinajstić information content (AvgIpc) is 2.84. The minimum absolute atomic E-state index is 0.0846. The van der Waals surface area contributed by atoms with E-state index in [1.165, 1.54) is 18.2 Å². The van der Waals surface area contributed by atoms with Crippen LogP contribution in [0.25, 0.3) is 10.9 Å². The zero-order valence-corrected chi connectivity index (χ0v) is 21.5. The van der Waals surface area contributed by atoms with Crippen molar-refractivity contribution in [3.05, 3.63) is 92.4 Å². The highest BCUT2D eigenvalue weighted by molar-refractivity contribution is 6.30. The molecule has 0 saturated carbocycles. The van der Waals surface area contributed by atoms with E-state index in [4.69, 9.17) is 11.6 Å². The smallest absolute Gasteiger partial charge is 0.371 e. The molecule has 0 bridgehead atoms. The summed E-state index contributed by atoms with van der Waals surface area (Å²) in [7, 11) is 0. The number of aromatic nitrogens is 3. The summed E-state index contributed by atoms with van der Waals surface area (Å²) < 4.78 is 42.1. The molecule has 1 fully saturated rings. The zero-order valence-electron chi connectivity index (χ0n) is 20.7. The van der Waals surface area contributed by atoms with Crippen LogP contribution in [0.1, 0.15) is 47.9 Å². The number of rotatable bonds is 4. The second-order valence-electron chi connectivity index (χ2n) is 9.88. The highest BCUT2D eigenvalue weighted by atomic mass is 35.5. The number of fused-ring (bicyclic) bond motifs is 1. The minimum Gasteiger partial charge on any atom is -0.371 e. The first kappa shape index (κ1) is 25.5. The summed E-state index contributed by atoms with van der Waals surface area (Å²) >= 11 is 6.73. The van der Waals surface area contributed by atoms with Gasteiger partial charge in [0.15, 0.2) is 0 Å². The molecule has 1 atom stereocenters. The fraction of sp³-hybridized carbons (Fsp3) is 0.393. The van der Waals surface area contributed by atoms with Gasteiger partial charge in [-0.3, -0.25) is 14.3 Å². The third kappa shape index (κ3) is 5.17. The predicted octanol–water partition coefficient (Wildman–Crippen LogP) is 6.33. The Bertz CT molecular complexity index is 1450. The zero-order chi connectivity index (χ0) is 26.3. The summed E-state index contributed by atoms with van der Waals surface area (Å²) in [6.45, 7) is 5.25. The first-order valence-electron chi connectivity index (χ1n) is 12.4.